The largest absolute Gasteiger partial charge is 0.481 e. The molecule has 0 amide bonds. The minimum atomic E-state index is -0.869. The van der Waals surface area contributed by atoms with Gasteiger partial charge in [-0.05, 0) is 55.0 Å². The second-order valence-electron chi connectivity index (χ2n) is 6.90. The molecular weight excluding hydrogens is 392 g/mol. The van der Waals surface area contributed by atoms with Gasteiger partial charge in [-0.25, -0.2) is 4.39 Å². The number of hydrogen-bond acceptors (Lipinski definition) is 2. The van der Waals surface area contributed by atoms with E-state index in [9.17, 15) is 14.3 Å². The van der Waals surface area contributed by atoms with E-state index in [4.69, 9.17) is 28.3 Å². The maximum absolute atomic E-state index is 13.3. The average molecular weight is 416 g/mol. The monoisotopic (exact) mass is 415 g/mol. The number of carboxylic acids is 1. The molecule has 0 aliphatic heterocycles. The number of carboxylic acid groups (broad SMARTS) is 1. The van der Waals surface area contributed by atoms with Gasteiger partial charge in [-0.15, -0.1) is 0 Å². The van der Waals surface area contributed by atoms with Crippen molar-refractivity contribution in [2.75, 3.05) is 0 Å². The molecule has 0 aliphatic rings. The molecule has 1 aromatic heterocycles. The van der Waals surface area contributed by atoms with Gasteiger partial charge < -0.3 is 14.8 Å². The van der Waals surface area contributed by atoms with Crippen LogP contribution in [-0.2, 0) is 11.3 Å². The summed E-state index contributed by atoms with van der Waals surface area (Å²) < 4.78 is 15.3. The molecule has 2 rings (SSSR count). The number of aliphatic hydroxyl groups is 1. The molecule has 148 valence electrons. The van der Waals surface area contributed by atoms with E-state index in [0.717, 1.165) is 11.3 Å². The lowest BCUT2D eigenvalue weighted by molar-refractivity contribution is -0.137. The topological polar surface area (TPSA) is 62.5 Å². The zero-order chi connectivity index (χ0) is 20.1. The first-order chi connectivity index (χ1) is 12.7. The number of rotatable bonds is 9. The quantitative estimate of drug-likeness (QED) is 0.549. The van der Waals surface area contributed by atoms with Gasteiger partial charge in [0.1, 0.15) is 5.82 Å². The Kier molecular flexibility index (Phi) is 7.71. The highest BCUT2D eigenvalue weighted by atomic mass is 35.5. The summed E-state index contributed by atoms with van der Waals surface area (Å²) in [6.45, 7) is 4.48. The summed E-state index contributed by atoms with van der Waals surface area (Å²) in [5.74, 6) is -1.10. The van der Waals surface area contributed by atoms with E-state index in [1.165, 1.54) is 12.1 Å². The Labute approximate surface area is 168 Å². The molecule has 2 N–H and O–H groups in total. The third-order valence-electron chi connectivity index (χ3n) is 4.46. The molecule has 1 aromatic carbocycles. The minimum Gasteiger partial charge on any atom is -0.481 e. The van der Waals surface area contributed by atoms with E-state index in [0.29, 0.717) is 41.5 Å². The van der Waals surface area contributed by atoms with Crippen LogP contribution in [0.2, 0.25) is 10.0 Å². The van der Waals surface area contributed by atoms with Crippen molar-refractivity contribution in [1.82, 2.24) is 4.57 Å². The lowest BCUT2D eigenvalue weighted by atomic mass is 10.1. The first-order valence-corrected chi connectivity index (χ1v) is 9.71. The first-order valence-electron chi connectivity index (χ1n) is 8.95. The van der Waals surface area contributed by atoms with Crippen molar-refractivity contribution < 1.29 is 19.4 Å². The van der Waals surface area contributed by atoms with Crippen LogP contribution in [0.4, 0.5) is 4.39 Å². The maximum Gasteiger partial charge on any atom is 0.303 e. The van der Waals surface area contributed by atoms with Crippen LogP contribution in [0.25, 0.3) is 11.3 Å². The lowest BCUT2D eigenvalue weighted by Gasteiger charge is -2.18. The van der Waals surface area contributed by atoms with Crippen molar-refractivity contribution >= 4 is 29.2 Å². The standard InChI is InChI=1S/C20H24Cl2FNO3/c1-12(2)19-17(21)18(22)20(13-6-8-14(23)9-7-13)24(19)11-10-15(25)4-3-5-16(26)27/h6-9,12,15,25H,3-5,10-11H2,1-2H3,(H,26,27). The fraction of sp³-hybridized carbons (Fsp3) is 0.450. The summed E-state index contributed by atoms with van der Waals surface area (Å²) in [7, 11) is 0. The summed E-state index contributed by atoms with van der Waals surface area (Å²) in [6, 6.07) is 6.03. The van der Waals surface area contributed by atoms with Crippen LogP contribution in [0.3, 0.4) is 0 Å². The molecule has 0 radical (unpaired) electrons. The second-order valence-corrected chi connectivity index (χ2v) is 7.66. The van der Waals surface area contributed by atoms with E-state index < -0.39 is 12.1 Å². The van der Waals surface area contributed by atoms with Crippen molar-refractivity contribution in [3.8, 4) is 11.3 Å². The van der Waals surface area contributed by atoms with E-state index in [-0.39, 0.29) is 18.2 Å². The van der Waals surface area contributed by atoms with E-state index in [2.05, 4.69) is 0 Å². The molecule has 1 heterocycles. The normalized spacial score (nSPS) is 12.6. The molecule has 4 nitrogen and oxygen atoms in total. The molecule has 0 spiro atoms. The Bertz CT molecular complexity index is 788. The minimum absolute atomic E-state index is 0.0380. The van der Waals surface area contributed by atoms with E-state index in [1.54, 1.807) is 12.1 Å². The van der Waals surface area contributed by atoms with Crippen molar-refractivity contribution in [1.29, 1.82) is 0 Å². The summed E-state index contributed by atoms with van der Waals surface area (Å²) in [5, 5.41) is 19.8. The number of hydrogen-bond donors (Lipinski definition) is 2. The summed E-state index contributed by atoms with van der Waals surface area (Å²) in [4.78, 5) is 10.6. The number of nitrogens with zero attached hydrogens (tertiary/aromatic N) is 1. The Morgan fingerprint density at radius 2 is 1.78 bits per heavy atom. The van der Waals surface area contributed by atoms with Gasteiger partial charge in [0.15, 0.2) is 0 Å². The number of aromatic nitrogens is 1. The van der Waals surface area contributed by atoms with Crippen LogP contribution in [0.15, 0.2) is 24.3 Å². The van der Waals surface area contributed by atoms with Gasteiger partial charge in [-0.3, -0.25) is 4.79 Å². The van der Waals surface area contributed by atoms with Gasteiger partial charge in [-0.1, -0.05) is 37.0 Å². The van der Waals surface area contributed by atoms with Crippen LogP contribution in [0.1, 0.15) is 51.1 Å². The zero-order valence-electron chi connectivity index (χ0n) is 15.4. The number of halogens is 3. The predicted molar refractivity (Wildman–Crippen MR) is 106 cm³/mol. The van der Waals surface area contributed by atoms with E-state index >= 15 is 0 Å². The number of aliphatic hydroxyl groups excluding tert-OH is 1. The molecule has 0 bridgehead atoms. The first kappa shape index (κ1) is 21.7. The fourth-order valence-corrected chi connectivity index (χ4v) is 3.89. The molecule has 27 heavy (non-hydrogen) atoms. The SMILES string of the molecule is CC(C)c1c(Cl)c(Cl)c(-c2ccc(F)cc2)n1CCC(O)CCCC(=O)O. The van der Waals surface area contributed by atoms with Gasteiger partial charge in [0, 0.05) is 18.7 Å². The second kappa shape index (κ2) is 9.58. The molecule has 1 atom stereocenters. The van der Waals surface area contributed by atoms with Crippen LogP contribution in [0, 0.1) is 5.82 Å². The molecule has 1 unspecified atom stereocenters. The number of aliphatic carboxylic acids is 1. The third-order valence-corrected chi connectivity index (χ3v) is 5.31. The van der Waals surface area contributed by atoms with Crippen LogP contribution in [-0.4, -0.2) is 26.9 Å². The maximum atomic E-state index is 13.3. The summed E-state index contributed by atoms with van der Waals surface area (Å²) >= 11 is 13.0. The van der Waals surface area contributed by atoms with Gasteiger partial charge in [0.05, 0.1) is 21.8 Å². The third kappa shape index (κ3) is 5.47. The van der Waals surface area contributed by atoms with Crippen molar-refractivity contribution in [3.63, 3.8) is 0 Å². The highest BCUT2D eigenvalue weighted by Gasteiger charge is 2.24. The van der Waals surface area contributed by atoms with Gasteiger partial charge in [-0.2, -0.15) is 0 Å². The fourth-order valence-electron chi connectivity index (χ4n) is 3.17. The Morgan fingerprint density at radius 1 is 1.15 bits per heavy atom. The molecule has 0 aliphatic carbocycles. The van der Waals surface area contributed by atoms with Crippen LogP contribution < -0.4 is 0 Å². The molecular formula is C20H24Cl2FNO3. The van der Waals surface area contributed by atoms with Crippen LogP contribution in [0.5, 0.6) is 0 Å². The van der Waals surface area contributed by atoms with Crippen molar-refractivity contribution in [2.24, 2.45) is 0 Å². The predicted octanol–water partition coefficient (Wildman–Crippen LogP) is 5.73. The lowest BCUT2D eigenvalue weighted by Crippen LogP contribution is -2.14. The molecule has 0 saturated heterocycles. The highest BCUT2D eigenvalue weighted by Crippen LogP contribution is 2.42. The van der Waals surface area contributed by atoms with Gasteiger partial charge >= 0.3 is 5.97 Å². The summed E-state index contributed by atoms with van der Waals surface area (Å²) in [5.41, 5.74) is 2.30. The van der Waals surface area contributed by atoms with Crippen molar-refractivity contribution in [2.45, 2.75) is 58.1 Å². The molecule has 7 heteroatoms. The van der Waals surface area contributed by atoms with Crippen molar-refractivity contribution in [3.05, 3.63) is 45.8 Å². The summed E-state index contributed by atoms with van der Waals surface area (Å²) in [6.07, 6.45) is 0.694. The van der Waals surface area contributed by atoms with E-state index in [1.807, 2.05) is 18.4 Å². The Hall–Kier alpha value is -1.56. The average Bonchev–Trinajstić information content (AvgIpc) is 2.84. The van der Waals surface area contributed by atoms with Crippen LogP contribution >= 0.6 is 23.2 Å². The van der Waals surface area contributed by atoms with Gasteiger partial charge in [0.25, 0.3) is 0 Å². The highest BCUT2D eigenvalue weighted by molar-refractivity contribution is 6.44. The molecule has 0 saturated carbocycles. The Balaban J connectivity index is 2.29. The number of carbonyl (C=O) groups is 1. The zero-order valence-corrected chi connectivity index (χ0v) is 16.9. The number of benzene rings is 1. The van der Waals surface area contributed by atoms with Gasteiger partial charge in [0.2, 0.25) is 0 Å². The molecule has 2 aromatic rings. The Morgan fingerprint density at radius 3 is 2.33 bits per heavy atom. The molecule has 0 fully saturated rings. The smallest absolute Gasteiger partial charge is 0.303 e.